The van der Waals surface area contributed by atoms with Crippen LogP contribution in [-0.2, 0) is 0 Å². The molecule has 0 saturated heterocycles. The van der Waals surface area contributed by atoms with Crippen LogP contribution >= 0.6 is 23.2 Å². The highest BCUT2D eigenvalue weighted by molar-refractivity contribution is 6.36. The first-order chi connectivity index (χ1) is 13.0. The molecule has 1 heterocycles. The molecule has 3 rings (SSSR count). The molecule has 0 aliphatic carbocycles. The first-order valence-electron chi connectivity index (χ1n) is 8.23. The van der Waals surface area contributed by atoms with Crippen molar-refractivity contribution in [2.24, 2.45) is 5.10 Å². The second-order valence-electron chi connectivity index (χ2n) is 5.91. The average Bonchev–Trinajstić information content (AvgIpc) is 3.11. The topological polar surface area (TPSA) is 61.5 Å². The molecule has 0 aliphatic heterocycles. The van der Waals surface area contributed by atoms with Crippen molar-refractivity contribution < 1.29 is 9.47 Å². The standard InChI is InChI=1S/C19H18Cl2N4O2/c1-13-5-14(2)7-17(6-13)26-3-4-27-19-15(8-16(20)9-18(19)21)10-24-25-11-22-23-12-25/h5-12H,3-4H2,1-2H3/b24-10-. The minimum atomic E-state index is 0.321. The van der Waals surface area contributed by atoms with Crippen LogP contribution in [-0.4, -0.2) is 34.3 Å². The summed E-state index contributed by atoms with van der Waals surface area (Å²) in [5, 5.41) is 12.5. The molecule has 1 aromatic heterocycles. The van der Waals surface area contributed by atoms with Gasteiger partial charge in [0.05, 0.1) is 11.2 Å². The third-order valence-corrected chi connectivity index (χ3v) is 4.07. The van der Waals surface area contributed by atoms with Crippen molar-refractivity contribution >= 4 is 29.4 Å². The number of hydrogen-bond donors (Lipinski definition) is 0. The highest BCUT2D eigenvalue weighted by Gasteiger charge is 2.10. The van der Waals surface area contributed by atoms with Crippen LogP contribution in [0.5, 0.6) is 11.5 Å². The van der Waals surface area contributed by atoms with Gasteiger partial charge in [-0.1, -0.05) is 29.3 Å². The number of aryl methyl sites for hydroxylation is 2. The predicted molar refractivity (Wildman–Crippen MR) is 106 cm³/mol. The quantitative estimate of drug-likeness (QED) is 0.428. The Labute approximate surface area is 167 Å². The van der Waals surface area contributed by atoms with E-state index in [0.717, 1.165) is 16.9 Å². The number of benzene rings is 2. The van der Waals surface area contributed by atoms with Crippen molar-refractivity contribution in [3.8, 4) is 11.5 Å². The second-order valence-corrected chi connectivity index (χ2v) is 6.76. The molecule has 6 nitrogen and oxygen atoms in total. The molecular formula is C19H18Cl2N4O2. The van der Waals surface area contributed by atoms with Gasteiger partial charge in [0.2, 0.25) is 0 Å². The summed E-state index contributed by atoms with van der Waals surface area (Å²) in [7, 11) is 0. The van der Waals surface area contributed by atoms with Crippen LogP contribution in [0.4, 0.5) is 0 Å². The van der Waals surface area contributed by atoms with E-state index < -0.39 is 0 Å². The Kier molecular flexibility index (Phi) is 6.32. The zero-order valence-electron chi connectivity index (χ0n) is 14.9. The van der Waals surface area contributed by atoms with Gasteiger partial charge in [0.1, 0.15) is 37.4 Å². The van der Waals surface area contributed by atoms with Crippen LogP contribution < -0.4 is 9.47 Å². The van der Waals surface area contributed by atoms with Gasteiger partial charge in [-0.3, -0.25) is 0 Å². The summed E-state index contributed by atoms with van der Waals surface area (Å²) in [5.74, 6) is 1.30. The molecule has 0 radical (unpaired) electrons. The lowest BCUT2D eigenvalue weighted by Crippen LogP contribution is -2.10. The zero-order chi connectivity index (χ0) is 19.2. The first kappa shape index (κ1) is 19.2. The van der Waals surface area contributed by atoms with Crippen molar-refractivity contribution in [3.05, 3.63) is 69.7 Å². The van der Waals surface area contributed by atoms with Crippen LogP contribution in [0.15, 0.2) is 48.1 Å². The van der Waals surface area contributed by atoms with Gasteiger partial charge in [-0.15, -0.1) is 10.2 Å². The molecule has 0 unspecified atom stereocenters. The van der Waals surface area contributed by atoms with Crippen molar-refractivity contribution in [2.75, 3.05) is 13.2 Å². The number of nitrogens with zero attached hydrogens (tertiary/aromatic N) is 4. The summed E-state index contributed by atoms with van der Waals surface area (Å²) >= 11 is 12.4. The van der Waals surface area contributed by atoms with E-state index in [9.17, 15) is 0 Å². The van der Waals surface area contributed by atoms with E-state index in [1.807, 2.05) is 26.0 Å². The molecule has 0 fully saturated rings. The normalized spacial score (nSPS) is 11.1. The number of rotatable bonds is 7. The van der Waals surface area contributed by atoms with Crippen molar-refractivity contribution in [2.45, 2.75) is 13.8 Å². The van der Waals surface area contributed by atoms with Gasteiger partial charge < -0.3 is 9.47 Å². The second kappa shape index (κ2) is 8.88. The lowest BCUT2D eigenvalue weighted by molar-refractivity contribution is 0.217. The van der Waals surface area contributed by atoms with E-state index in [0.29, 0.717) is 34.6 Å². The Morgan fingerprint density at radius 2 is 1.63 bits per heavy atom. The maximum Gasteiger partial charge on any atom is 0.147 e. The number of aromatic nitrogens is 3. The summed E-state index contributed by atoms with van der Waals surface area (Å²) in [4.78, 5) is 0. The molecule has 0 amide bonds. The minimum absolute atomic E-state index is 0.321. The summed E-state index contributed by atoms with van der Waals surface area (Å²) in [6, 6.07) is 9.41. The largest absolute Gasteiger partial charge is 0.490 e. The zero-order valence-corrected chi connectivity index (χ0v) is 16.4. The van der Waals surface area contributed by atoms with E-state index >= 15 is 0 Å². The Bertz CT molecular complexity index is 923. The summed E-state index contributed by atoms with van der Waals surface area (Å²) in [6.45, 7) is 4.77. The molecule has 0 spiro atoms. The maximum absolute atomic E-state index is 6.29. The Morgan fingerprint density at radius 3 is 2.33 bits per heavy atom. The van der Waals surface area contributed by atoms with Gasteiger partial charge in [-0.05, 0) is 49.2 Å². The third kappa shape index (κ3) is 5.45. The number of ether oxygens (including phenoxy) is 2. The summed E-state index contributed by atoms with van der Waals surface area (Å²) in [6.07, 6.45) is 4.53. The van der Waals surface area contributed by atoms with Crippen LogP contribution in [0.2, 0.25) is 10.0 Å². The molecule has 140 valence electrons. The monoisotopic (exact) mass is 404 g/mol. The van der Waals surface area contributed by atoms with E-state index in [-0.39, 0.29) is 0 Å². The van der Waals surface area contributed by atoms with E-state index in [1.165, 1.54) is 17.3 Å². The molecule has 0 atom stereocenters. The molecule has 0 bridgehead atoms. The van der Waals surface area contributed by atoms with Crippen LogP contribution in [0.25, 0.3) is 0 Å². The third-order valence-electron chi connectivity index (χ3n) is 3.57. The van der Waals surface area contributed by atoms with E-state index in [1.54, 1.807) is 18.3 Å². The van der Waals surface area contributed by atoms with Crippen LogP contribution in [0.3, 0.4) is 0 Å². The lowest BCUT2D eigenvalue weighted by Gasteiger charge is -2.13. The van der Waals surface area contributed by atoms with Gasteiger partial charge in [0, 0.05) is 10.6 Å². The fourth-order valence-electron chi connectivity index (χ4n) is 2.53. The molecule has 0 saturated carbocycles. The molecule has 0 aliphatic rings. The predicted octanol–water partition coefficient (Wildman–Crippen LogP) is 4.54. The highest BCUT2D eigenvalue weighted by Crippen LogP contribution is 2.31. The number of hydrogen-bond acceptors (Lipinski definition) is 5. The van der Waals surface area contributed by atoms with Crippen LogP contribution in [0, 0.1) is 13.8 Å². The van der Waals surface area contributed by atoms with Gasteiger partial charge in [0.15, 0.2) is 0 Å². The fourth-order valence-corrected chi connectivity index (χ4v) is 3.10. The molecular weight excluding hydrogens is 387 g/mol. The van der Waals surface area contributed by atoms with Crippen molar-refractivity contribution in [1.29, 1.82) is 0 Å². The van der Waals surface area contributed by atoms with E-state index in [4.69, 9.17) is 32.7 Å². The van der Waals surface area contributed by atoms with Crippen LogP contribution in [0.1, 0.15) is 16.7 Å². The van der Waals surface area contributed by atoms with Crippen molar-refractivity contribution in [1.82, 2.24) is 14.9 Å². The van der Waals surface area contributed by atoms with Gasteiger partial charge in [-0.25, -0.2) is 4.68 Å². The number of halogens is 2. The van der Waals surface area contributed by atoms with Crippen molar-refractivity contribution in [3.63, 3.8) is 0 Å². The first-order valence-corrected chi connectivity index (χ1v) is 8.99. The summed E-state index contributed by atoms with van der Waals surface area (Å²) < 4.78 is 13.1. The summed E-state index contributed by atoms with van der Waals surface area (Å²) in [5.41, 5.74) is 2.95. The fraction of sp³-hybridized carbons (Fsp3) is 0.211. The lowest BCUT2D eigenvalue weighted by atomic mass is 10.1. The van der Waals surface area contributed by atoms with Gasteiger partial charge >= 0.3 is 0 Å². The maximum atomic E-state index is 6.29. The molecule has 2 aromatic carbocycles. The SMILES string of the molecule is Cc1cc(C)cc(OCCOc2c(Cl)cc(Cl)cc2/C=N\n2cnnc2)c1. The smallest absolute Gasteiger partial charge is 0.147 e. The highest BCUT2D eigenvalue weighted by atomic mass is 35.5. The van der Waals surface area contributed by atoms with Gasteiger partial charge in [0.25, 0.3) is 0 Å². The molecule has 27 heavy (non-hydrogen) atoms. The minimum Gasteiger partial charge on any atom is -0.490 e. The molecule has 8 heteroatoms. The molecule has 3 aromatic rings. The Balaban J connectivity index is 1.66. The van der Waals surface area contributed by atoms with Gasteiger partial charge in [-0.2, -0.15) is 5.10 Å². The van der Waals surface area contributed by atoms with E-state index in [2.05, 4.69) is 21.4 Å². The Morgan fingerprint density at radius 1 is 0.963 bits per heavy atom. The Hall–Kier alpha value is -2.57. The average molecular weight is 405 g/mol. The molecule has 0 N–H and O–H groups in total.